The highest BCUT2D eigenvalue weighted by molar-refractivity contribution is 5.86. The number of fused-ring (bicyclic) bond motifs is 1. The summed E-state index contributed by atoms with van der Waals surface area (Å²) in [5, 5.41) is 0.983. The van der Waals surface area contributed by atoms with Gasteiger partial charge in [-0.05, 0) is 36.8 Å². The third-order valence-electron chi connectivity index (χ3n) is 3.23. The van der Waals surface area contributed by atoms with Gasteiger partial charge in [-0.1, -0.05) is 24.3 Å². The van der Waals surface area contributed by atoms with Crippen LogP contribution in [0, 0.1) is 6.92 Å². The van der Waals surface area contributed by atoms with Crippen molar-refractivity contribution in [2.75, 3.05) is 0 Å². The first kappa shape index (κ1) is 12.6. The third kappa shape index (κ3) is 2.36. The van der Waals surface area contributed by atoms with Crippen LogP contribution in [0.3, 0.4) is 0 Å². The van der Waals surface area contributed by atoms with E-state index in [1.165, 1.54) is 0 Å². The van der Waals surface area contributed by atoms with Gasteiger partial charge in [-0.25, -0.2) is 0 Å². The Balaban J connectivity index is 2.13. The number of pyridine rings is 1. The normalized spacial score (nSPS) is 10.7. The Labute approximate surface area is 118 Å². The number of benzene rings is 2. The van der Waals surface area contributed by atoms with Crippen LogP contribution < -0.4 is 10.5 Å². The predicted octanol–water partition coefficient (Wildman–Crippen LogP) is 3.79. The number of para-hydroxylation sites is 1. The Hall–Kier alpha value is -2.39. The van der Waals surface area contributed by atoms with Crippen LogP contribution in [0.15, 0.2) is 54.7 Å². The van der Waals surface area contributed by atoms with Gasteiger partial charge in [-0.2, -0.15) is 0 Å². The van der Waals surface area contributed by atoms with Crippen molar-refractivity contribution in [1.82, 2.24) is 4.98 Å². The van der Waals surface area contributed by atoms with Crippen molar-refractivity contribution in [3.63, 3.8) is 0 Å². The summed E-state index contributed by atoms with van der Waals surface area (Å²) in [6, 6.07) is 15.9. The molecule has 0 atom stereocenters. The topological polar surface area (TPSA) is 48.1 Å². The van der Waals surface area contributed by atoms with Gasteiger partial charge in [0.2, 0.25) is 0 Å². The zero-order valence-electron chi connectivity index (χ0n) is 11.3. The molecule has 3 aromatic rings. The first-order valence-electron chi connectivity index (χ1n) is 6.59. The Morgan fingerprint density at radius 1 is 1.10 bits per heavy atom. The monoisotopic (exact) mass is 264 g/mol. The summed E-state index contributed by atoms with van der Waals surface area (Å²) in [5.41, 5.74) is 8.78. The summed E-state index contributed by atoms with van der Waals surface area (Å²) in [4.78, 5) is 4.41. The second kappa shape index (κ2) is 5.31. The number of hydrogen-bond acceptors (Lipinski definition) is 3. The molecular formula is C17H16N2O. The molecule has 3 rings (SSSR count). The van der Waals surface area contributed by atoms with Crippen molar-refractivity contribution in [3.8, 4) is 11.5 Å². The highest BCUT2D eigenvalue weighted by Gasteiger charge is 2.10. The van der Waals surface area contributed by atoms with E-state index in [9.17, 15) is 0 Å². The fourth-order valence-corrected chi connectivity index (χ4v) is 2.22. The molecule has 20 heavy (non-hydrogen) atoms. The molecule has 0 radical (unpaired) electrons. The molecule has 2 N–H and O–H groups in total. The Bertz CT molecular complexity index is 753. The SMILES string of the molecule is Cc1cccc(Oc2c(CN)cnc3ccccc23)c1. The molecule has 0 saturated carbocycles. The standard InChI is InChI=1S/C17H16N2O/c1-12-5-4-6-14(9-12)20-17-13(10-18)11-19-16-8-3-2-7-15(16)17/h2-9,11H,10,18H2,1H3. The van der Waals surface area contributed by atoms with Crippen molar-refractivity contribution < 1.29 is 4.74 Å². The fourth-order valence-electron chi connectivity index (χ4n) is 2.22. The van der Waals surface area contributed by atoms with Crippen LogP contribution in [0.5, 0.6) is 11.5 Å². The molecule has 3 nitrogen and oxygen atoms in total. The van der Waals surface area contributed by atoms with Gasteiger partial charge in [0.05, 0.1) is 5.52 Å². The lowest BCUT2D eigenvalue weighted by atomic mass is 10.1. The molecule has 1 heterocycles. The summed E-state index contributed by atoms with van der Waals surface area (Å²) in [7, 11) is 0. The summed E-state index contributed by atoms with van der Waals surface area (Å²) in [6.45, 7) is 2.44. The van der Waals surface area contributed by atoms with Crippen molar-refractivity contribution in [3.05, 3.63) is 65.9 Å². The second-order valence-electron chi connectivity index (χ2n) is 4.75. The lowest BCUT2D eigenvalue weighted by molar-refractivity contribution is 0.481. The van der Waals surface area contributed by atoms with E-state index in [0.29, 0.717) is 6.54 Å². The van der Waals surface area contributed by atoms with Crippen LogP contribution in [0.1, 0.15) is 11.1 Å². The summed E-state index contributed by atoms with van der Waals surface area (Å²) in [5.74, 6) is 1.61. The predicted molar refractivity (Wildman–Crippen MR) is 80.9 cm³/mol. The maximum Gasteiger partial charge on any atom is 0.142 e. The van der Waals surface area contributed by atoms with E-state index < -0.39 is 0 Å². The van der Waals surface area contributed by atoms with E-state index in [-0.39, 0.29) is 0 Å². The number of ether oxygens (including phenoxy) is 1. The minimum atomic E-state index is 0.402. The maximum atomic E-state index is 6.07. The van der Waals surface area contributed by atoms with Gasteiger partial charge in [0.1, 0.15) is 11.5 Å². The van der Waals surface area contributed by atoms with Gasteiger partial charge in [-0.15, -0.1) is 0 Å². The van der Waals surface area contributed by atoms with Crippen LogP contribution in [0.25, 0.3) is 10.9 Å². The summed E-state index contributed by atoms with van der Waals surface area (Å²) in [6.07, 6.45) is 1.79. The number of nitrogens with zero attached hydrogens (tertiary/aromatic N) is 1. The molecule has 1 aromatic heterocycles. The van der Waals surface area contributed by atoms with Crippen LogP contribution in [-0.4, -0.2) is 4.98 Å². The molecule has 0 unspecified atom stereocenters. The first-order valence-corrected chi connectivity index (χ1v) is 6.59. The quantitative estimate of drug-likeness (QED) is 0.782. The van der Waals surface area contributed by atoms with Gasteiger partial charge in [0, 0.05) is 23.7 Å². The third-order valence-corrected chi connectivity index (χ3v) is 3.23. The summed E-state index contributed by atoms with van der Waals surface area (Å²) < 4.78 is 6.07. The number of aryl methyl sites for hydroxylation is 1. The average Bonchev–Trinajstić information content (AvgIpc) is 2.48. The maximum absolute atomic E-state index is 6.07. The zero-order chi connectivity index (χ0) is 13.9. The molecule has 0 aliphatic heterocycles. The van der Waals surface area contributed by atoms with Crippen molar-refractivity contribution in [2.45, 2.75) is 13.5 Å². The molecule has 0 amide bonds. The Morgan fingerprint density at radius 2 is 1.95 bits per heavy atom. The molecule has 0 aliphatic carbocycles. The first-order chi connectivity index (χ1) is 9.78. The van der Waals surface area contributed by atoms with Crippen molar-refractivity contribution in [2.24, 2.45) is 5.73 Å². The van der Waals surface area contributed by atoms with Gasteiger partial charge < -0.3 is 10.5 Å². The van der Waals surface area contributed by atoms with Gasteiger partial charge in [0.15, 0.2) is 0 Å². The van der Waals surface area contributed by atoms with E-state index in [1.807, 2.05) is 55.5 Å². The number of nitrogens with two attached hydrogens (primary N) is 1. The van der Waals surface area contributed by atoms with E-state index in [0.717, 1.165) is 33.5 Å². The molecule has 0 bridgehead atoms. The Kier molecular flexibility index (Phi) is 3.35. The van der Waals surface area contributed by atoms with E-state index in [1.54, 1.807) is 6.20 Å². The number of hydrogen-bond donors (Lipinski definition) is 1. The molecule has 0 spiro atoms. The second-order valence-corrected chi connectivity index (χ2v) is 4.75. The smallest absolute Gasteiger partial charge is 0.142 e. The Morgan fingerprint density at radius 3 is 2.75 bits per heavy atom. The molecule has 100 valence electrons. The van der Waals surface area contributed by atoms with Crippen molar-refractivity contribution in [1.29, 1.82) is 0 Å². The zero-order valence-corrected chi connectivity index (χ0v) is 11.3. The molecule has 3 heteroatoms. The molecule has 0 fully saturated rings. The number of rotatable bonds is 3. The average molecular weight is 264 g/mol. The molecule has 2 aromatic carbocycles. The van der Waals surface area contributed by atoms with Crippen LogP contribution in [-0.2, 0) is 6.54 Å². The number of aromatic nitrogens is 1. The largest absolute Gasteiger partial charge is 0.456 e. The van der Waals surface area contributed by atoms with Crippen LogP contribution >= 0.6 is 0 Å². The van der Waals surface area contributed by atoms with Gasteiger partial charge in [0.25, 0.3) is 0 Å². The van der Waals surface area contributed by atoms with Gasteiger partial charge >= 0.3 is 0 Å². The highest BCUT2D eigenvalue weighted by atomic mass is 16.5. The fraction of sp³-hybridized carbons (Fsp3) is 0.118. The summed E-state index contributed by atoms with van der Waals surface area (Å²) >= 11 is 0. The van der Waals surface area contributed by atoms with E-state index in [4.69, 9.17) is 10.5 Å². The highest BCUT2D eigenvalue weighted by Crippen LogP contribution is 2.32. The molecular weight excluding hydrogens is 248 g/mol. The van der Waals surface area contributed by atoms with E-state index in [2.05, 4.69) is 4.98 Å². The van der Waals surface area contributed by atoms with Crippen molar-refractivity contribution >= 4 is 10.9 Å². The van der Waals surface area contributed by atoms with E-state index >= 15 is 0 Å². The minimum absolute atomic E-state index is 0.402. The van der Waals surface area contributed by atoms with Crippen LogP contribution in [0.4, 0.5) is 0 Å². The molecule has 0 saturated heterocycles. The lowest BCUT2D eigenvalue weighted by Gasteiger charge is -2.13. The minimum Gasteiger partial charge on any atom is -0.456 e. The molecule has 0 aliphatic rings. The van der Waals surface area contributed by atoms with Crippen LogP contribution in [0.2, 0.25) is 0 Å². The lowest BCUT2D eigenvalue weighted by Crippen LogP contribution is -2.01. The van der Waals surface area contributed by atoms with Gasteiger partial charge in [-0.3, -0.25) is 4.98 Å².